The number of benzene rings is 2. The van der Waals surface area contributed by atoms with Crippen molar-refractivity contribution in [3.8, 4) is 11.5 Å². The Balaban J connectivity index is 1.67. The van der Waals surface area contributed by atoms with Crippen LogP contribution in [0.5, 0.6) is 11.5 Å². The number of sulfonamides is 1. The summed E-state index contributed by atoms with van der Waals surface area (Å²) in [5.41, 5.74) is 0.434. The first kappa shape index (κ1) is 21.2. The monoisotopic (exact) mass is 416 g/mol. The van der Waals surface area contributed by atoms with Crippen LogP contribution >= 0.6 is 0 Å². The van der Waals surface area contributed by atoms with E-state index in [1.807, 2.05) is 30.3 Å². The molecule has 6 nitrogen and oxygen atoms in total. The van der Waals surface area contributed by atoms with E-state index in [-0.39, 0.29) is 18.5 Å². The molecule has 3 rings (SSSR count). The molecule has 0 saturated heterocycles. The lowest BCUT2D eigenvalue weighted by Gasteiger charge is -2.24. The van der Waals surface area contributed by atoms with Gasteiger partial charge in [-0.05, 0) is 49.2 Å². The zero-order chi connectivity index (χ0) is 20.7. The van der Waals surface area contributed by atoms with Crippen molar-refractivity contribution in [2.24, 2.45) is 0 Å². The fourth-order valence-corrected chi connectivity index (χ4v) is 4.39. The minimum Gasteiger partial charge on any atom is -0.457 e. The first-order chi connectivity index (χ1) is 13.9. The first-order valence-corrected chi connectivity index (χ1v) is 11.9. The second kappa shape index (κ2) is 9.78. The normalized spacial score (nSPS) is 15.3. The van der Waals surface area contributed by atoms with Crippen molar-refractivity contribution in [1.29, 1.82) is 0 Å². The minimum absolute atomic E-state index is 0.132. The van der Waals surface area contributed by atoms with Crippen LogP contribution in [0.1, 0.15) is 38.5 Å². The number of ether oxygens (including phenoxy) is 1. The highest BCUT2D eigenvalue weighted by molar-refractivity contribution is 7.92. The van der Waals surface area contributed by atoms with Gasteiger partial charge in [-0.2, -0.15) is 0 Å². The highest BCUT2D eigenvalue weighted by Gasteiger charge is 2.23. The number of rotatable bonds is 7. The molecule has 1 N–H and O–H groups in total. The number of carbonyl (C=O) groups is 1. The van der Waals surface area contributed by atoms with Crippen LogP contribution in [0, 0.1) is 0 Å². The summed E-state index contributed by atoms with van der Waals surface area (Å²) in [5.74, 6) is 1.02. The molecule has 0 aromatic heterocycles. The van der Waals surface area contributed by atoms with Gasteiger partial charge in [0.2, 0.25) is 15.9 Å². The van der Waals surface area contributed by atoms with E-state index in [0.29, 0.717) is 17.2 Å². The molecule has 0 unspecified atom stereocenters. The minimum atomic E-state index is -3.60. The Morgan fingerprint density at radius 3 is 2.14 bits per heavy atom. The van der Waals surface area contributed by atoms with Gasteiger partial charge in [-0.3, -0.25) is 9.10 Å². The van der Waals surface area contributed by atoms with E-state index in [1.54, 1.807) is 24.3 Å². The van der Waals surface area contributed by atoms with Gasteiger partial charge in [-0.15, -0.1) is 0 Å². The van der Waals surface area contributed by atoms with Crippen molar-refractivity contribution in [1.82, 2.24) is 5.32 Å². The van der Waals surface area contributed by atoms with Crippen LogP contribution < -0.4 is 14.4 Å². The second-order valence-electron chi connectivity index (χ2n) is 7.43. The van der Waals surface area contributed by atoms with Gasteiger partial charge >= 0.3 is 0 Å². The molecule has 0 aliphatic heterocycles. The molecule has 0 spiro atoms. The maximum absolute atomic E-state index is 12.5. The quantitative estimate of drug-likeness (QED) is 0.690. The van der Waals surface area contributed by atoms with E-state index in [0.717, 1.165) is 36.2 Å². The smallest absolute Gasteiger partial charge is 0.240 e. The fourth-order valence-electron chi connectivity index (χ4n) is 3.53. The highest BCUT2D eigenvalue weighted by atomic mass is 32.2. The van der Waals surface area contributed by atoms with E-state index >= 15 is 0 Å². The van der Waals surface area contributed by atoms with Gasteiger partial charge in [0.25, 0.3) is 0 Å². The molecular formula is C22H28N2O4S. The zero-order valence-corrected chi connectivity index (χ0v) is 17.5. The van der Waals surface area contributed by atoms with Crippen molar-refractivity contribution in [3.05, 3.63) is 54.6 Å². The van der Waals surface area contributed by atoms with E-state index in [9.17, 15) is 13.2 Å². The maximum Gasteiger partial charge on any atom is 0.240 e. The average Bonchev–Trinajstić information content (AvgIpc) is 2.95. The number of para-hydroxylation sites is 1. The second-order valence-corrected chi connectivity index (χ2v) is 9.34. The molecule has 2 aromatic rings. The predicted molar refractivity (Wildman–Crippen MR) is 115 cm³/mol. The van der Waals surface area contributed by atoms with Crippen LogP contribution in [0.3, 0.4) is 0 Å². The summed E-state index contributed by atoms with van der Waals surface area (Å²) in [7, 11) is -3.60. The van der Waals surface area contributed by atoms with Crippen molar-refractivity contribution in [2.75, 3.05) is 17.1 Å². The van der Waals surface area contributed by atoms with E-state index in [2.05, 4.69) is 5.32 Å². The average molecular weight is 417 g/mol. The molecule has 29 heavy (non-hydrogen) atoms. The molecule has 0 radical (unpaired) electrons. The van der Waals surface area contributed by atoms with E-state index in [4.69, 9.17) is 4.74 Å². The van der Waals surface area contributed by atoms with E-state index in [1.165, 1.54) is 12.8 Å². The molecule has 0 bridgehead atoms. The molecule has 1 aliphatic rings. The zero-order valence-electron chi connectivity index (χ0n) is 16.7. The van der Waals surface area contributed by atoms with Crippen molar-refractivity contribution < 1.29 is 17.9 Å². The Kier molecular flexibility index (Phi) is 7.14. The van der Waals surface area contributed by atoms with Gasteiger partial charge in [-0.25, -0.2) is 8.42 Å². The number of anilines is 1. The lowest BCUT2D eigenvalue weighted by molar-refractivity contribution is -0.120. The first-order valence-electron chi connectivity index (χ1n) is 10.0. The summed E-state index contributed by atoms with van der Waals surface area (Å²) in [5, 5.41) is 3.01. The third-order valence-electron chi connectivity index (χ3n) is 5.01. The van der Waals surface area contributed by atoms with Crippen LogP contribution in [0.2, 0.25) is 0 Å². The fraction of sp³-hybridized carbons (Fsp3) is 0.409. The summed E-state index contributed by atoms with van der Waals surface area (Å²) in [6.07, 6.45) is 7.61. The Morgan fingerprint density at radius 2 is 1.55 bits per heavy atom. The third-order valence-corrected chi connectivity index (χ3v) is 6.15. The summed E-state index contributed by atoms with van der Waals surface area (Å²) in [4.78, 5) is 12.5. The Bertz CT molecular complexity index is 890. The third kappa shape index (κ3) is 6.49. The molecule has 0 heterocycles. The largest absolute Gasteiger partial charge is 0.457 e. The van der Waals surface area contributed by atoms with Gasteiger partial charge in [0.05, 0.1) is 11.9 Å². The molecule has 7 heteroatoms. The molecule has 1 amide bonds. The maximum atomic E-state index is 12.5. The topological polar surface area (TPSA) is 75.7 Å². The van der Waals surface area contributed by atoms with Crippen molar-refractivity contribution in [2.45, 2.75) is 44.6 Å². The van der Waals surface area contributed by atoms with Crippen LogP contribution in [0.4, 0.5) is 5.69 Å². The van der Waals surface area contributed by atoms with Crippen LogP contribution in [-0.2, 0) is 14.8 Å². The van der Waals surface area contributed by atoms with Crippen LogP contribution in [0.15, 0.2) is 54.6 Å². The molecule has 156 valence electrons. The lowest BCUT2D eigenvalue weighted by atomic mass is 10.1. The van der Waals surface area contributed by atoms with E-state index < -0.39 is 10.0 Å². The van der Waals surface area contributed by atoms with Gasteiger partial charge in [-0.1, -0.05) is 43.9 Å². The molecule has 0 atom stereocenters. The summed E-state index contributed by atoms with van der Waals surface area (Å²) in [6.45, 7) is -0.228. The molecule has 1 saturated carbocycles. The lowest BCUT2D eigenvalue weighted by Crippen LogP contribution is -2.44. The summed E-state index contributed by atoms with van der Waals surface area (Å²) < 4.78 is 31.5. The van der Waals surface area contributed by atoms with Crippen LogP contribution in [0.25, 0.3) is 0 Å². The summed E-state index contributed by atoms with van der Waals surface area (Å²) in [6, 6.07) is 16.2. The number of nitrogens with zero attached hydrogens (tertiary/aromatic N) is 1. The molecular weight excluding hydrogens is 388 g/mol. The number of hydrogen-bond acceptors (Lipinski definition) is 4. The van der Waals surface area contributed by atoms with Crippen LogP contribution in [-0.4, -0.2) is 33.2 Å². The summed E-state index contributed by atoms with van der Waals surface area (Å²) >= 11 is 0. The number of nitrogens with one attached hydrogen (secondary N) is 1. The SMILES string of the molecule is CS(=O)(=O)N(CC(=O)NC1CCCCCC1)c1ccc(Oc2ccccc2)cc1. The number of amides is 1. The molecule has 1 aliphatic carbocycles. The Hall–Kier alpha value is -2.54. The Morgan fingerprint density at radius 1 is 0.966 bits per heavy atom. The van der Waals surface area contributed by atoms with Crippen molar-refractivity contribution in [3.63, 3.8) is 0 Å². The molecule has 2 aromatic carbocycles. The van der Waals surface area contributed by atoms with Crippen molar-refractivity contribution >= 4 is 21.6 Å². The van der Waals surface area contributed by atoms with Gasteiger partial charge in [0.15, 0.2) is 0 Å². The standard InChI is InChI=1S/C22H28N2O4S/c1-29(26,27)24(17-22(25)23-18-9-5-2-3-6-10-18)19-13-15-21(16-14-19)28-20-11-7-4-8-12-20/h4,7-8,11-16,18H,2-3,5-6,9-10,17H2,1H3,(H,23,25). The predicted octanol–water partition coefficient (Wildman–Crippen LogP) is 4.08. The van der Waals surface area contributed by atoms with Gasteiger partial charge in [0, 0.05) is 6.04 Å². The van der Waals surface area contributed by atoms with Gasteiger partial charge < -0.3 is 10.1 Å². The number of hydrogen-bond donors (Lipinski definition) is 1. The number of carbonyl (C=O) groups excluding carboxylic acids is 1. The highest BCUT2D eigenvalue weighted by Crippen LogP contribution is 2.25. The van der Waals surface area contributed by atoms with Gasteiger partial charge in [0.1, 0.15) is 18.0 Å². The Labute approximate surface area is 172 Å². The molecule has 1 fully saturated rings.